The van der Waals surface area contributed by atoms with Gasteiger partial charge in [-0.05, 0) is 177 Å². The minimum atomic E-state index is -6.85. The summed E-state index contributed by atoms with van der Waals surface area (Å²) >= 11 is 0. The SMILES string of the molecule is CCC1CCCCC1(O)c1cccc(C(=O)O)c1.CCC1CCCCC1(O)c1cccc(C(=O)OC)c1.CCC1CCCCC1(O)c1cccc(C)c1.CCC1CCCCC1(O)c1cccc(O)c1.CCC1CCCCC1(O)c1cccc(OS(=O)(=O)C(F)(F)F)c1.O=S(=O)(OS(=O)(=O)C(F)(F)F)C(F)(F)F.[B].[B]B([B])B([B])[B].[B]B([B])[B].[B][B].[B][B]B([B])[B].[B][B][B].[CH3-].[CH3-].[CH3-].[CH3-].[CH3-].[Na+].[OH-].[Y].[Y].[Y].[Y].[Y]. The molecule has 0 heterocycles. The minimum absolute atomic E-state index is 0. The van der Waals surface area contributed by atoms with Gasteiger partial charge in [0.1, 0.15) is 11.5 Å². The number of aliphatic hydroxyl groups is 5. The molecule has 140 heavy (non-hydrogen) atoms. The quantitative estimate of drug-likeness (QED) is 0.0107. The van der Waals surface area contributed by atoms with E-state index in [1.807, 2.05) is 40.9 Å². The maximum Gasteiger partial charge on any atom is 1.00 e. The maximum absolute atomic E-state index is 12.4. The third-order valence-corrected chi connectivity index (χ3v) is 25.7. The van der Waals surface area contributed by atoms with Crippen molar-refractivity contribution in [3.05, 3.63) is 203 Å². The van der Waals surface area contributed by atoms with Crippen molar-refractivity contribution in [1.82, 2.24) is 0 Å². The molecular weight excluding hydrogens is 2250 g/mol. The van der Waals surface area contributed by atoms with Crippen LogP contribution in [-0.2, 0) is 230 Å². The zero-order valence-corrected chi connectivity index (χ0v) is 101. The van der Waals surface area contributed by atoms with Gasteiger partial charge < -0.3 is 87.3 Å². The predicted molar refractivity (Wildman–Crippen MR) is 539 cm³/mol. The fraction of sp³-hybridized carbons (Fsp3) is 0.549. The number of phenols is 1. The molecule has 0 saturated heterocycles. The largest absolute Gasteiger partial charge is 1.00 e. The van der Waals surface area contributed by atoms with Crippen LogP contribution in [0, 0.1) is 73.6 Å². The average molecular weight is 2370 g/mol. The number of benzene rings is 5. The van der Waals surface area contributed by atoms with E-state index in [1.54, 1.807) is 48.5 Å². The van der Waals surface area contributed by atoms with Gasteiger partial charge in [-0.25, -0.2) is 9.59 Å². The molecular formula is C82H119B21F9NaO19S3Y5-5. The molecule has 58 heteroatoms. The first-order valence-electron chi connectivity index (χ1n) is 41.3. The molecule has 10 rings (SSSR count). The summed E-state index contributed by atoms with van der Waals surface area (Å²) in [7, 11) is 49.6. The summed E-state index contributed by atoms with van der Waals surface area (Å²) in [6.07, 6.45) is 22.1. The van der Waals surface area contributed by atoms with E-state index in [9.17, 15) is 105 Å². The number of aromatic hydroxyl groups is 1. The number of hydrogen-bond donors (Lipinski definition) is 7. The number of carboxylic acid groups (broad SMARTS) is 1. The van der Waals surface area contributed by atoms with Crippen LogP contribution >= 0.6 is 0 Å². The van der Waals surface area contributed by atoms with E-state index in [0.29, 0.717) is 29.4 Å². The second-order valence-corrected chi connectivity index (χ2v) is 35.7. The molecule has 5 aromatic rings. The number of esters is 1. The van der Waals surface area contributed by atoms with E-state index in [2.05, 4.69) is 117 Å². The Labute approximate surface area is 1000 Å². The first kappa shape index (κ1) is 172. The van der Waals surface area contributed by atoms with Crippen molar-refractivity contribution < 1.29 is 321 Å². The van der Waals surface area contributed by atoms with Gasteiger partial charge in [0.15, 0.2) is 0 Å². The molecule has 5 aliphatic rings. The molecule has 0 aromatic heterocycles. The minimum Gasteiger partial charge on any atom is -0.870 e. The van der Waals surface area contributed by atoms with Crippen LogP contribution in [0.5, 0.6) is 11.5 Å². The standard InChI is InChI=1S/C16H22O3.C15H19F3O4S.C15H20O3.C15H22O.C14H20O2.C2F6O5S2.5CH3.B6.B5.B4.B3.B2.B.Na.H2O.5Y/c1-3-13-8-4-5-10-16(13,18)14-9-6-7-12(11-14)15(17)19-2;1-2-11-6-3-4-9-14(11,19)12-7-5-8-13(10-12)22-23(20,21)15(16,17)18;1-2-12-7-3-4-9-15(12,18)13-8-5-6-11(10-13)14(16)17;1-3-13-8-4-5-10-15(13,16)14-9-6-7-12(2)11-14;1-2-11-6-3-4-9-14(11,16)12-7-5-8-13(15)10-12;3-1(4,5)14(9,10)13-15(11,12)2(6,7)8;;;;;;1-5(2)6(3)4;1-4-5(2)3;1-4(2)3;1-3-2;1-2;;;;;;;;/h6-7,9,11,13,18H,3-5,8,10H2,1-2H3;5,7-8,10-11,19H,2-4,6,9H2,1H3;5-6,8,10,12,18H,2-4,7,9H2,1H3,(H,16,17);6-7,9,11,13,16H,3-5,8,10H2,1-2H3;5,7-8,10-11,15-16H,2-4,6,9H2,1H3;;5*1H3;;;;;;;;1H2;;;;;/q;;;;;;5*-1;;;;;;;+1;;;;;;/p-1. The van der Waals surface area contributed by atoms with Crippen LogP contribution in [-0.4, -0.2) is 258 Å². The Morgan fingerprint density at radius 2 is 0.664 bits per heavy atom. The molecule has 8 N–H and O–H groups in total. The Kier molecular flexibility index (Phi) is 103. The van der Waals surface area contributed by atoms with Crippen LogP contribution in [0.4, 0.5) is 39.5 Å². The number of carboxylic acids is 1. The number of rotatable bonds is 18. The van der Waals surface area contributed by atoms with Crippen molar-refractivity contribution in [2.75, 3.05) is 7.11 Å². The third kappa shape index (κ3) is 57.6. The summed E-state index contributed by atoms with van der Waals surface area (Å²) in [6, 6.07) is 34.7. The fourth-order valence-corrected chi connectivity index (χ4v) is 17.6. The van der Waals surface area contributed by atoms with Gasteiger partial charge >= 0.3 is 88.4 Å². The number of aromatic carboxylic acids is 1. The summed E-state index contributed by atoms with van der Waals surface area (Å²) in [5.41, 5.74) is -16.1. The summed E-state index contributed by atoms with van der Waals surface area (Å²) in [6.45, 7) is 12.6. The number of carbonyl (C=O) groups excluding carboxylic acids is 1. The van der Waals surface area contributed by atoms with Crippen molar-refractivity contribution in [3.63, 3.8) is 0 Å². The van der Waals surface area contributed by atoms with Crippen LogP contribution in [0.3, 0.4) is 0 Å². The normalized spacial score (nSPS) is 20.9. The molecule has 10 unspecified atom stereocenters. The summed E-state index contributed by atoms with van der Waals surface area (Å²) in [5, 5.41) is 73.2. The molecule has 5 fully saturated rings. The molecule has 5 saturated carbocycles. The number of hydrogen-bond acceptors (Lipinski definition) is 18. The number of phenolic OH excluding ortho intramolecular Hbond substituents is 1. The number of aryl methyl sites for hydroxylation is 1. The Morgan fingerprint density at radius 1 is 0.429 bits per heavy atom. The van der Waals surface area contributed by atoms with E-state index >= 15 is 0 Å². The Morgan fingerprint density at radius 3 is 0.900 bits per heavy atom. The topological polar surface area (TPSA) is 336 Å². The van der Waals surface area contributed by atoms with Crippen LogP contribution in [0.1, 0.15) is 249 Å². The molecule has 0 spiro atoms. The molecule has 0 amide bonds. The molecule has 0 aliphatic heterocycles. The molecule has 38 radical (unpaired) electrons. The van der Waals surface area contributed by atoms with Gasteiger partial charge in [0, 0.05) is 320 Å². The van der Waals surface area contributed by atoms with Gasteiger partial charge in [0.2, 0.25) is 0 Å². The van der Waals surface area contributed by atoms with E-state index in [0.717, 1.165) is 164 Å². The first-order valence-corrected chi connectivity index (χ1v) is 45.5. The molecule has 10 atom stereocenters. The second-order valence-electron chi connectivity index (χ2n) is 30.8. The van der Waals surface area contributed by atoms with Crippen molar-refractivity contribution in [3.8, 4) is 11.5 Å². The smallest absolute Gasteiger partial charge is 0.870 e. The first-order chi connectivity index (χ1) is 58.9. The Hall–Kier alpha value is 1.46. The van der Waals surface area contributed by atoms with E-state index in [1.165, 1.54) is 57.6 Å². The number of alkyl halides is 9. The van der Waals surface area contributed by atoms with Crippen molar-refractivity contribution in [1.29, 1.82) is 0 Å². The maximum atomic E-state index is 12.4. The Bertz CT molecular complexity index is 4310. The van der Waals surface area contributed by atoms with Gasteiger partial charge in [0.05, 0.1) is 46.2 Å². The molecule has 19 nitrogen and oxygen atoms in total. The summed E-state index contributed by atoms with van der Waals surface area (Å²) in [4.78, 5) is 22.6. The van der Waals surface area contributed by atoms with Crippen LogP contribution in [0.2, 0.25) is 0 Å². The van der Waals surface area contributed by atoms with Crippen LogP contribution in [0.25, 0.3) is 0 Å². The monoisotopic (exact) mass is 2370 g/mol. The van der Waals surface area contributed by atoms with Gasteiger partial charge in [-0.3, -0.25) is 0 Å². The van der Waals surface area contributed by atoms with E-state index in [-0.39, 0.29) is 279 Å². The summed E-state index contributed by atoms with van der Waals surface area (Å²) in [5.74, 6) is -0.264. The predicted octanol–water partition coefficient (Wildman–Crippen LogP) is 8.87. The fourth-order valence-electron chi connectivity index (χ4n) is 15.6. The van der Waals surface area contributed by atoms with Crippen LogP contribution in [0.15, 0.2) is 121 Å². The zero-order chi connectivity index (χ0) is 98.0. The average Bonchev–Trinajstić information content (AvgIpc) is 0.772. The molecule has 5 aromatic carbocycles. The van der Waals surface area contributed by atoms with Crippen LogP contribution < -0.4 is 33.7 Å². The van der Waals surface area contributed by atoms with Crippen molar-refractivity contribution in [2.24, 2.45) is 29.6 Å². The van der Waals surface area contributed by atoms with Gasteiger partial charge in [-0.2, -0.15) is 64.8 Å². The van der Waals surface area contributed by atoms with Gasteiger partial charge in [0.25, 0.3) is 0 Å². The van der Waals surface area contributed by atoms with Gasteiger partial charge in [-0.15, -0.1) is 3.63 Å². The van der Waals surface area contributed by atoms with Gasteiger partial charge in [-0.1, -0.05) is 209 Å². The third-order valence-electron chi connectivity index (χ3n) is 22.1. The Balaban J connectivity index is -0.000000107. The van der Waals surface area contributed by atoms with Crippen molar-refractivity contribution >= 4 is 199 Å². The van der Waals surface area contributed by atoms with E-state index in [4.69, 9.17) is 64.0 Å². The second kappa shape index (κ2) is 83.9. The van der Waals surface area contributed by atoms with Crippen molar-refractivity contribution in [2.45, 2.75) is 247 Å². The van der Waals surface area contributed by atoms with E-state index < -0.39 is 112 Å². The summed E-state index contributed by atoms with van der Waals surface area (Å²) < 4.78 is 178. The number of ether oxygens (including phenoxy) is 1. The number of methoxy groups -OCH3 is 1. The number of halogens is 9. The molecule has 5 aliphatic carbocycles. The molecule has 726 valence electrons. The zero-order valence-electron chi connectivity index (χ0n) is 82.8. The number of carbonyl (C=O) groups is 2. The molecule has 0 bridgehead atoms.